The van der Waals surface area contributed by atoms with Gasteiger partial charge in [-0.25, -0.2) is 0 Å². The first kappa shape index (κ1) is 15.9. The smallest absolute Gasteiger partial charge is 0.304 e. The minimum absolute atomic E-state index is 0.0594. The molecule has 1 amide bonds. The Morgan fingerprint density at radius 3 is 2.24 bits per heavy atom. The van der Waals surface area contributed by atoms with Gasteiger partial charge in [0, 0.05) is 39.6 Å². The van der Waals surface area contributed by atoms with Crippen molar-refractivity contribution < 1.29 is 14.7 Å². The van der Waals surface area contributed by atoms with E-state index < -0.39 is 5.97 Å². The highest BCUT2D eigenvalue weighted by Gasteiger charge is 2.07. The summed E-state index contributed by atoms with van der Waals surface area (Å²) in [5.41, 5.74) is 0. The molecule has 0 atom stereocenters. The van der Waals surface area contributed by atoms with Crippen LogP contribution in [0.2, 0.25) is 0 Å². The van der Waals surface area contributed by atoms with Crippen LogP contribution in [0.15, 0.2) is 0 Å². The van der Waals surface area contributed by atoms with Crippen LogP contribution < -0.4 is 5.32 Å². The molecule has 0 aliphatic heterocycles. The van der Waals surface area contributed by atoms with Crippen LogP contribution in [0.4, 0.5) is 0 Å². The van der Waals surface area contributed by atoms with Crippen LogP contribution in [-0.2, 0) is 9.59 Å². The molecule has 0 aliphatic rings. The molecule has 0 fully saturated rings. The molecule has 0 spiro atoms. The van der Waals surface area contributed by atoms with Gasteiger partial charge in [-0.15, -0.1) is 0 Å². The standard InChI is InChI=1S/C11H23N3O3/c1-10(15)12-5-7-14(6-4-11(16)17)9-8-13(2)3/h4-9H2,1-3H3,(H,12,15)(H,16,17). The van der Waals surface area contributed by atoms with E-state index in [1.54, 1.807) is 0 Å². The van der Waals surface area contributed by atoms with Gasteiger partial charge in [0.25, 0.3) is 0 Å². The Labute approximate surface area is 103 Å². The van der Waals surface area contributed by atoms with Crippen molar-refractivity contribution in [1.82, 2.24) is 15.1 Å². The second-order valence-electron chi connectivity index (χ2n) is 4.27. The van der Waals surface area contributed by atoms with Gasteiger partial charge in [0.05, 0.1) is 6.42 Å². The summed E-state index contributed by atoms with van der Waals surface area (Å²) in [6.07, 6.45) is 0.132. The van der Waals surface area contributed by atoms with E-state index in [4.69, 9.17) is 5.11 Å². The van der Waals surface area contributed by atoms with Gasteiger partial charge in [-0.05, 0) is 14.1 Å². The normalized spacial score (nSPS) is 10.9. The number of carboxylic acids is 1. The van der Waals surface area contributed by atoms with E-state index in [9.17, 15) is 9.59 Å². The maximum Gasteiger partial charge on any atom is 0.304 e. The van der Waals surface area contributed by atoms with Crippen molar-refractivity contribution in [2.24, 2.45) is 0 Å². The van der Waals surface area contributed by atoms with Gasteiger partial charge in [-0.3, -0.25) is 14.5 Å². The molecule has 0 bridgehead atoms. The van der Waals surface area contributed by atoms with Crippen molar-refractivity contribution in [2.75, 3.05) is 46.8 Å². The highest BCUT2D eigenvalue weighted by atomic mass is 16.4. The molecule has 17 heavy (non-hydrogen) atoms. The van der Waals surface area contributed by atoms with Crippen LogP contribution in [0.1, 0.15) is 13.3 Å². The summed E-state index contributed by atoms with van der Waals surface area (Å²) < 4.78 is 0. The summed E-state index contributed by atoms with van der Waals surface area (Å²) >= 11 is 0. The Hall–Kier alpha value is -1.14. The van der Waals surface area contributed by atoms with Gasteiger partial charge >= 0.3 is 5.97 Å². The number of rotatable bonds is 9. The Morgan fingerprint density at radius 2 is 1.76 bits per heavy atom. The lowest BCUT2D eigenvalue weighted by molar-refractivity contribution is -0.137. The summed E-state index contributed by atoms with van der Waals surface area (Å²) in [6, 6.07) is 0. The van der Waals surface area contributed by atoms with Crippen LogP contribution in [0, 0.1) is 0 Å². The topological polar surface area (TPSA) is 72.9 Å². The van der Waals surface area contributed by atoms with Gasteiger partial charge in [0.1, 0.15) is 0 Å². The maximum absolute atomic E-state index is 10.7. The second-order valence-corrected chi connectivity index (χ2v) is 4.27. The number of amides is 1. The molecule has 0 aromatic carbocycles. The van der Waals surface area contributed by atoms with Crippen molar-refractivity contribution in [3.63, 3.8) is 0 Å². The molecule has 6 heteroatoms. The van der Waals surface area contributed by atoms with Crippen molar-refractivity contribution in [3.8, 4) is 0 Å². The first-order chi connectivity index (χ1) is 7.91. The van der Waals surface area contributed by atoms with E-state index in [0.717, 1.165) is 13.1 Å². The third-order valence-corrected chi connectivity index (χ3v) is 2.31. The summed E-state index contributed by atoms with van der Waals surface area (Å²) in [4.78, 5) is 25.3. The molecule has 0 heterocycles. The van der Waals surface area contributed by atoms with Gasteiger partial charge in [-0.2, -0.15) is 0 Å². The first-order valence-corrected chi connectivity index (χ1v) is 5.75. The molecule has 0 aliphatic carbocycles. The van der Waals surface area contributed by atoms with Gasteiger partial charge < -0.3 is 15.3 Å². The van der Waals surface area contributed by atoms with Crippen molar-refractivity contribution in [3.05, 3.63) is 0 Å². The maximum atomic E-state index is 10.7. The van der Waals surface area contributed by atoms with Crippen LogP contribution in [0.25, 0.3) is 0 Å². The molecule has 2 N–H and O–H groups in total. The second kappa shape index (κ2) is 8.95. The lowest BCUT2D eigenvalue weighted by atomic mass is 10.3. The lowest BCUT2D eigenvalue weighted by Gasteiger charge is -2.23. The SMILES string of the molecule is CC(=O)NCCN(CCC(=O)O)CCN(C)C. The zero-order chi connectivity index (χ0) is 13.3. The predicted molar refractivity (Wildman–Crippen MR) is 65.9 cm³/mol. The molecule has 100 valence electrons. The largest absolute Gasteiger partial charge is 0.481 e. The fourth-order valence-corrected chi connectivity index (χ4v) is 1.32. The molecule has 0 aromatic heterocycles. The van der Waals surface area contributed by atoms with E-state index in [2.05, 4.69) is 5.32 Å². The molecule has 0 aromatic rings. The number of hydrogen-bond acceptors (Lipinski definition) is 4. The van der Waals surface area contributed by atoms with E-state index in [1.165, 1.54) is 6.92 Å². The molecule has 0 rings (SSSR count). The summed E-state index contributed by atoms with van der Waals surface area (Å²) in [5.74, 6) is -0.852. The van der Waals surface area contributed by atoms with Gasteiger partial charge in [-0.1, -0.05) is 0 Å². The van der Waals surface area contributed by atoms with Crippen LogP contribution in [0.3, 0.4) is 0 Å². The minimum atomic E-state index is -0.792. The quantitative estimate of drug-likeness (QED) is 0.571. The van der Waals surface area contributed by atoms with Crippen LogP contribution in [0.5, 0.6) is 0 Å². The van der Waals surface area contributed by atoms with Gasteiger partial charge in [0.2, 0.25) is 5.91 Å². The number of hydrogen-bond donors (Lipinski definition) is 2. The Morgan fingerprint density at radius 1 is 1.12 bits per heavy atom. The van der Waals surface area contributed by atoms with E-state index >= 15 is 0 Å². The number of aliphatic carboxylic acids is 1. The number of carbonyl (C=O) groups excluding carboxylic acids is 1. The molecular weight excluding hydrogens is 222 g/mol. The van der Waals surface area contributed by atoms with E-state index in [1.807, 2.05) is 23.9 Å². The summed E-state index contributed by atoms with van der Waals surface area (Å²) in [7, 11) is 3.95. The average molecular weight is 245 g/mol. The van der Waals surface area contributed by atoms with Crippen molar-refractivity contribution >= 4 is 11.9 Å². The minimum Gasteiger partial charge on any atom is -0.481 e. The fourth-order valence-electron chi connectivity index (χ4n) is 1.32. The number of carboxylic acid groups (broad SMARTS) is 1. The Kier molecular flexibility index (Phi) is 8.35. The van der Waals surface area contributed by atoms with E-state index in [0.29, 0.717) is 19.6 Å². The number of nitrogens with one attached hydrogen (secondary N) is 1. The highest BCUT2D eigenvalue weighted by Crippen LogP contribution is 1.92. The Bertz CT molecular complexity index is 244. The predicted octanol–water partition coefficient (Wildman–Crippen LogP) is -0.539. The highest BCUT2D eigenvalue weighted by molar-refractivity contribution is 5.72. The molecular formula is C11H23N3O3. The third-order valence-electron chi connectivity index (χ3n) is 2.31. The van der Waals surface area contributed by atoms with Crippen molar-refractivity contribution in [1.29, 1.82) is 0 Å². The average Bonchev–Trinajstić information content (AvgIpc) is 2.20. The first-order valence-electron chi connectivity index (χ1n) is 5.75. The third kappa shape index (κ3) is 11.1. The van der Waals surface area contributed by atoms with Crippen molar-refractivity contribution in [2.45, 2.75) is 13.3 Å². The number of nitrogens with zero attached hydrogens (tertiary/aromatic N) is 2. The van der Waals surface area contributed by atoms with Crippen LogP contribution >= 0.6 is 0 Å². The Balaban J connectivity index is 3.91. The molecule has 0 radical (unpaired) electrons. The number of carbonyl (C=O) groups is 2. The summed E-state index contributed by atoms with van der Waals surface area (Å²) in [6.45, 7) is 4.91. The fraction of sp³-hybridized carbons (Fsp3) is 0.818. The monoisotopic (exact) mass is 245 g/mol. The molecule has 0 saturated carbocycles. The number of likely N-dealkylation sites (N-methyl/N-ethyl adjacent to an activating group) is 1. The van der Waals surface area contributed by atoms with E-state index in [-0.39, 0.29) is 12.3 Å². The molecule has 0 saturated heterocycles. The summed E-state index contributed by atoms with van der Waals surface area (Å²) in [5, 5.41) is 11.4. The molecule has 6 nitrogen and oxygen atoms in total. The lowest BCUT2D eigenvalue weighted by Crippen LogP contribution is -2.38. The molecule has 0 unspecified atom stereocenters. The van der Waals surface area contributed by atoms with Crippen LogP contribution in [-0.4, -0.2) is 73.6 Å². The zero-order valence-corrected chi connectivity index (χ0v) is 10.9. The van der Waals surface area contributed by atoms with Gasteiger partial charge in [0.15, 0.2) is 0 Å². The zero-order valence-electron chi connectivity index (χ0n) is 10.9.